The number of methoxy groups -OCH3 is 1. The van der Waals surface area contributed by atoms with Gasteiger partial charge in [0.25, 0.3) is 5.69 Å². The molecule has 2 aromatic rings. The highest BCUT2D eigenvalue weighted by atomic mass is 16.6. The number of nitro benzene ring substituents is 1. The number of hydrogen-bond acceptors (Lipinski definition) is 6. The molecule has 0 heterocycles. The highest BCUT2D eigenvalue weighted by Gasteiger charge is 2.21. The molecule has 30 heavy (non-hydrogen) atoms. The number of anilines is 1. The molecule has 0 saturated heterocycles. The second kappa shape index (κ2) is 11.5. The molecule has 2 rings (SSSR count). The molecule has 1 unspecified atom stereocenters. The fraction of sp³-hybridized carbons (Fsp3) is 0.364. The number of carbonyl (C=O) groups is 2. The van der Waals surface area contributed by atoms with E-state index < -0.39 is 10.8 Å². The van der Waals surface area contributed by atoms with Crippen LogP contribution in [0.1, 0.15) is 25.3 Å². The summed E-state index contributed by atoms with van der Waals surface area (Å²) in [5.41, 5.74) is 1.78. The van der Waals surface area contributed by atoms with Crippen LogP contribution in [-0.4, -0.2) is 41.9 Å². The number of nitro groups is 1. The Morgan fingerprint density at radius 2 is 1.80 bits per heavy atom. The van der Waals surface area contributed by atoms with E-state index in [0.29, 0.717) is 25.9 Å². The number of non-ortho nitro benzene ring substituents is 1. The van der Waals surface area contributed by atoms with Crippen molar-refractivity contribution in [2.45, 2.75) is 26.3 Å². The number of nitrogens with zero attached hydrogens (tertiary/aromatic N) is 2. The van der Waals surface area contributed by atoms with Crippen LogP contribution in [0.25, 0.3) is 0 Å². The maximum atomic E-state index is 12.8. The van der Waals surface area contributed by atoms with Crippen LogP contribution in [-0.2, 0) is 20.9 Å². The fourth-order valence-corrected chi connectivity index (χ4v) is 3.00. The van der Waals surface area contributed by atoms with Gasteiger partial charge in [0, 0.05) is 43.9 Å². The average Bonchev–Trinajstić information content (AvgIpc) is 2.76. The van der Waals surface area contributed by atoms with Crippen molar-refractivity contribution in [3.05, 3.63) is 70.3 Å². The molecule has 0 radical (unpaired) electrons. The minimum Gasteiger partial charge on any atom is -0.469 e. The minimum absolute atomic E-state index is 0.0343. The quantitative estimate of drug-likeness (QED) is 0.261. The summed E-state index contributed by atoms with van der Waals surface area (Å²) in [7, 11) is 1.34. The lowest BCUT2D eigenvalue weighted by atomic mass is 10.1. The molecule has 8 heteroatoms. The third-order valence-electron chi connectivity index (χ3n) is 4.64. The predicted molar refractivity (Wildman–Crippen MR) is 114 cm³/mol. The van der Waals surface area contributed by atoms with E-state index in [9.17, 15) is 19.7 Å². The first kappa shape index (κ1) is 22.9. The van der Waals surface area contributed by atoms with Gasteiger partial charge < -0.3 is 15.0 Å². The molecule has 0 aliphatic heterocycles. The van der Waals surface area contributed by atoms with Crippen LogP contribution >= 0.6 is 0 Å². The first-order valence-electron chi connectivity index (χ1n) is 9.78. The first-order chi connectivity index (χ1) is 14.4. The van der Waals surface area contributed by atoms with E-state index in [1.165, 1.54) is 19.2 Å². The van der Waals surface area contributed by atoms with Gasteiger partial charge in [0.2, 0.25) is 5.91 Å². The summed E-state index contributed by atoms with van der Waals surface area (Å²) < 4.78 is 4.78. The molecule has 8 nitrogen and oxygen atoms in total. The minimum atomic E-state index is -0.445. The molecule has 1 atom stereocenters. The largest absolute Gasteiger partial charge is 0.469 e. The molecular formula is C22H27N3O5. The molecule has 2 aromatic carbocycles. The van der Waals surface area contributed by atoms with E-state index in [4.69, 9.17) is 4.74 Å². The summed E-state index contributed by atoms with van der Waals surface area (Å²) in [5, 5.41) is 13.8. The van der Waals surface area contributed by atoms with Gasteiger partial charge in [-0.05, 0) is 24.1 Å². The fourth-order valence-electron chi connectivity index (χ4n) is 3.00. The highest BCUT2D eigenvalue weighted by molar-refractivity contribution is 5.78. The maximum Gasteiger partial charge on any atom is 0.310 e. The Kier molecular flexibility index (Phi) is 8.80. The van der Waals surface area contributed by atoms with Crippen LogP contribution in [0.3, 0.4) is 0 Å². The van der Waals surface area contributed by atoms with E-state index in [2.05, 4.69) is 5.32 Å². The summed E-state index contributed by atoms with van der Waals surface area (Å²) in [6, 6.07) is 15.8. The Morgan fingerprint density at radius 3 is 2.40 bits per heavy atom. The summed E-state index contributed by atoms with van der Waals surface area (Å²) in [5.74, 6) is -0.804. The van der Waals surface area contributed by atoms with Crippen LogP contribution in [0.4, 0.5) is 11.4 Å². The average molecular weight is 413 g/mol. The van der Waals surface area contributed by atoms with Crippen LogP contribution in [0.15, 0.2) is 54.6 Å². The van der Waals surface area contributed by atoms with Crippen molar-refractivity contribution in [1.82, 2.24) is 4.90 Å². The Morgan fingerprint density at radius 1 is 1.13 bits per heavy atom. The van der Waals surface area contributed by atoms with Gasteiger partial charge in [-0.2, -0.15) is 0 Å². The van der Waals surface area contributed by atoms with Crippen LogP contribution in [0.2, 0.25) is 0 Å². The third kappa shape index (κ3) is 7.20. The molecule has 1 N–H and O–H groups in total. The van der Waals surface area contributed by atoms with Crippen LogP contribution in [0.5, 0.6) is 0 Å². The maximum absolute atomic E-state index is 12.8. The lowest BCUT2D eigenvalue weighted by Gasteiger charge is -2.25. The predicted octanol–water partition coefficient (Wildman–Crippen LogP) is 3.62. The van der Waals surface area contributed by atoms with E-state index in [1.54, 1.807) is 24.0 Å². The van der Waals surface area contributed by atoms with Crippen LogP contribution < -0.4 is 5.32 Å². The van der Waals surface area contributed by atoms with Gasteiger partial charge in [0.15, 0.2) is 0 Å². The molecule has 0 fully saturated rings. The second-order valence-corrected chi connectivity index (χ2v) is 7.02. The van der Waals surface area contributed by atoms with Gasteiger partial charge in [-0.1, -0.05) is 37.3 Å². The monoisotopic (exact) mass is 413 g/mol. The lowest BCUT2D eigenvalue weighted by Crippen LogP contribution is -2.37. The number of esters is 1. The number of ether oxygens (including phenoxy) is 1. The third-order valence-corrected chi connectivity index (χ3v) is 4.64. The number of amides is 1. The summed E-state index contributed by atoms with van der Waals surface area (Å²) in [6.45, 7) is 3.01. The Labute approximate surface area is 176 Å². The van der Waals surface area contributed by atoms with E-state index >= 15 is 0 Å². The molecular weight excluding hydrogens is 386 g/mol. The molecule has 0 spiro atoms. The SMILES string of the molecule is COC(=O)C(C)CN(Cc1ccccc1)C(=O)CCCNc1ccc([N+](=O)[O-])cc1. The zero-order valence-corrected chi connectivity index (χ0v) is 17.2. The van der Waals surface area contributed by atoms with Gasteiger partial charge >= 0.3 is 5.97 Å². The van der Waals surface area contributed by atoms with Crippen molar-refractivity contribution in [3.63, 3.8) is 0 Å². The molecule has 0 aliphatic carbocycles. The number of hydrogen-bond donors (Lipinski definition) is 1. The Bertz CT molecular complexity index is 840. The zero-order chi connectivity index (χ0) is 21.9. The number of carbonyl (C=O) groups excluding carboxylic acids is 2. The summed E-state index contributed by atoms with van der Waals surface area (Å²) >= 11 is 0. The standard InChI is InChI=1S/C22H27N3O5/c1-17(22(27)30-2)15-24(16-18-7-4-3-5-8-18)21(26)9-6-14-23-19-10-12-20(13-11-19)25(28)29/h3-5,7-8,10-13,17,23H,6,9,14-16H2,1-2H3. The summed E-state index contributed by atoms with van der Waals surface area (Å²) in [6.07, 6.45) is 0.911. The lowest BCUT2D eigenvalue weighted by molar-refractivity contribution is -0.384. The van der Waals surface area contributed by atoms with Gasteiger partial charge in [-0.3, -0.25) is 19.7 Å². The van der Waals surface area contributed by atoms with E-state index in [0.717, 1.165) is 11.3 Å². The van der Waals surface area contributed by atoms with Crippen molar-refractivity contribution in [3.8, 4) is 0 Å². The van der Waals surface area contributed by atoms with Crippen molar-refractivity contribution in [1.29, 1.82) is 0 Å². The van der Waals surface area contributed by atoms with Gasteiger partial charge in [0.1, 0.15) is 0 Å². The molecule has 0 aromatic heterocycles. The number of rotatable bonds is 11. The normalized spacial score (nSPS) is 11.4. The number of nitrogens with one attached hydrogen (secondary N) is 1. The molecule has 1 amide bonds. The van der Waals surface area contributed by atoms with E-state index in [-0.39, 0.29) is 24.1 Å². The van der Waals surface area contributed by atoms with E-state index in [1.807, 2.05) is 30.3 Å². The van der Waals surface area contributed by atoms with Crippen molar-refractivity contribution in [2.24, 2.45) is 5.92 Å². The Balaban J connectivity index is 1.89. The first-order valence-corrected chi connectivity index (χ1v) is 9.78. The molecule has 0 saturated carbocycles. The zero-order valence-electron chi connectivity index (χ0n) is 17.2. The number of benzene rings is 2. The van der Waals surface area contributed by atoms with Gasteiger partial charge in [-0.25, -0.2) is 0 Å². The topological polar surface area (TPSA) is 102 Å². The smallest absolute Gasteiger partial charge is 0.310 e. The molecule has 0 aliphatic rings. The second-order valence-electron chi connectivity index (χ2n) is 7.02. The summed E-state index contributed by atoms with van der Waals surface area (Å²) in [4.78, 5) is 36.5. The van der Waals surface area contributed by atoms with Crippen molar-refractivity contribution in [2.75, 3.05) is 25.5 Å². The van der Waals surface area contributed by atoms with Crippen molar-refractivity contribution < 1.29 is 19.2 Å². The van der Waals surface area contributed by atoms with Gasteiger partial charge in [0.05, 0.1) is 18.0 Å². The molecule has 160 valence electrons. The Hall–Kier alpha value is -3.42. The molecule has 0 bridgehead atoms. The van der Waals surface area contributed by atoms with Crippen molar-refractivity contribution >= 4 is 23.3 Å². The van der Waals surface area contributed by atoms with Crippen LogP contribution in [0, 0.1) is 16.0 Å². The van der Waals surface area contributed by atoms with Gasteiger partial charge in [-0.15, -0.1) is 0 Å². The highest BCUT2D eigenvalue weighted by Crippen LogP contribution is 2.16.